The molecule has 0 atom stereocenters. The maximum absolute atomic E-state index is 5.84. The third-order valence-electron chi connectivity index (χ3n) is 2.71. The SMILES string of the molecule is COc1cccc(OC)c1OCc1ccccc1Br. The lowest BCUT2D eigenvalue weighted by Gasteiger charge is -2.14. The average Bonchev–Trinajstić information content (AvgIpc) is 2.46. The zero-order valence-electron chi connectivity index (χ0n) is 10.9. The normalized spacial score (nSPS) is 10.1. The minimum atomic E-state index is 0.443. The van der Waals surface area contributed by atoms with Crippen molar-refractivity contribution in [2.45, 2.75) is 6.61 Å². The van der Waals surface area contributed by atoms with Crippen molar-refractivity contribution >= 4 is 15.9 Å². The lowest BCUT2D eigenvalue weighted by atomic mass is 10.2. The van der Waals surface area contributed by atoms with Gasteiger partial charge in [-0.15, -0.1) is 0 Å². The van der Waals surface area contributed by atoms with E-state index in [0.717, 1.165) is 10.0 Å². The fourth-order valence-corrected chi connectivity index (χ4v) is 2.12. The first-order valence-electron chi connectivity index (χ1n) is 5.83. The van der Waals surface area contributed by atoms with Crippen molar-refractivity contribution in [1.29, 1.82) is 0 Å². The molecule has 0 saturated carbocycles. The Morgan fingerprint density at radius 2 is 1.53 bits per heavy atom. The van der Waals surface area contributed by atoms with E-state index >= 15 is 0 Å². The van der Waals surface area contributed by atoms with E-state index in [4.69, 9.17) is 14.2 Å². The maximum Gasteiger partial charge on any atom is 0.203 e. The van der Waals surface area contributed by atoms with Gasteiger partial charge in [0.25, 0.3) is 0 Å². The van der Waals surface area contributed by atoms with Gasteiger partial charge in [-0.25, -0.2) is 0 Å². The van der Waals surface area contributed by atoms with E-state index < -0.39 is 0 Å². The molecule has 3 nitrogen and oxygen atoms in total. The summed E-state index contributed by atoms with van der Waals surface area (Å²) in [5, 5.41) is 0. The molecule has 0 aromatic heterocycles. The predicted octanol–water partition coefficient (Wildman–Crippen LogP) is 4.05. The molecule has 0 bridgehead atoms. The second-order valence-electron chi connectivity index (χ2n) is 3.87. The first-order chi connectivity index (χ1) is 9.26. The smallest absolute Gasteiger partial charge is 0.203 e. The number of ether oxygens (including phenoxy) is 3. The summed E-state index contributed by atoms with van der Waals surface area (Å²) in [5.74, 6) is 1.93. The van der Waals surface area contributed by atoms with Crippen LogP contribution in [0.25, 0.3) is 0 Å². The van der Waals surface area contributed by atoms with Crippen LogP contribution in [-0.2, 0) is 6.61 Å². The van der Waals surface area contributed by atoms with Gasteiger partial charge in [0.15, 0.2) is 11.5 Å². The minimum Gasteiger partial charge on any atom is -0.493 e. The highest BCUT2D eigenvalue weighted by atomic mass is 79.9. The number of halogens is 1. The summed E-state index contributed by atoms with van der Waals surface area (Å²) < 4.78 is 17.4. The summed E-state index contributed by atoms with van der Waals surface area (Å²) in [6.07, 6.45) is 0. The fourth-order valence-electron chi connectivity index (χ4n) is 1.72. The Hall–Kier alpha value is -1.68. The van der Waals surface area contributed by atoms with Crippen molar-refractivity contribution < 1.29 is 14.2 Å². The molecule has 0 aliphatic heterocycles. The lowest BCUT2D eigenvalue weighted by molar-refractivity contribution is 0.265. The third kappa shape index (κ3) is 3.20. The Morgan fingerprint density at radius 3 is 2.11 bits per heavy atom. The van der Waals surface area contributed by atoms with E-state index in [1.165, 1.54) is 0 Å². The van der Waals surface area contributed by atoms with Crippen LogP contribution in [0.4, 0.5) is 0 Å². The Bertz CT molecular complexity index is 533. The van der Waals surface area contributed by atoms with Crippen LogP contribution in [0, 0.1) is 0 Å². The molecule has 0 fully saturated rings. The summed E-state index contributed by atoms with van der Waals surface area (Å²) >= 11 is 3.50. The van der Waals surface area contributed by atoms with E-state index in [-0.39, 0.29) is 0 Å². The Balaban J connectivity index is 2.21. The van der Waals surface area contributed by atoms with Gasteiger partial charge in [-0.05, 0) is 18.2 Å². The lowest BCUT2D eigenvalue weighted by Crippen LogP contribution is -2.00. The van der Waals surface area contributed by atoms with Gasteiger partial charge in [0, 0.05) is 10.0 Å². The fraction of sp³-hybridized carbons (Fsp3) is 0.200. The van der Waals surface area contributed by atoms with Crippen molar-refractivity contribution in [2.75, 3.05) is 14.2 Å². The number of para-hydroxylation sites is 1. The molecule has 0 aliphatic rings. The van der Waals surface area contributed by atoms with Crippen LogP contribution in [0.5, 0.6) is 17.2 Å². The Morgan fingerprint density at radius 1 is 0.895 bits per heavy atom. The van der Waals surface area contributed by atoms with Crippen LogP contribution in [-0.4, -0.2) is 14.2 Å². The molecule has 0 amide bonds. The average molecular weight is 323 g/mol. The van der Waals surface area contributed by atoms with Gasteiger partial charge in [-0.1, -0.05) is 40.2 Å². The molecule has 19 heavy (non-hydrogen) atoms. The van der Waals surface area contributed by atoms with Crippen molar-refractivity contribution in [3.8, 4) is 17.2 Å². The number of hydrogen-bond acceptors (Lipinski definition) is 3. The summed E-state index contributed by atoms with van der Waals surface area (Å²) in [6, 6.07) is 13.5. The van der Waals surface area contributed by atoms with Gasteiger partial charge in [-0.3, -0.25) is 0 Å². The summed E-state index contributed by atoms with van der Waals surface area (Å²) in [4.78, 5) is 0. The molecule has 2 aromatic rings. The van der Waals surface area contributed by atoms with Crippen LogP contribution in [0.3, 0.4) is 0 Å². The molecule has 4 heteroatoms. The monoisotopic (exact) mass is 322 g/mol. The number of benzene rings is 2. The Labute approximate surface area is 121 Å². The van der Waals surface area contributed by atoms with Crippen LogP contribution >= 0.6 is 15.9 Å². The highest BCUT2D eigenvalue weighted by Gasteiger charge is 2.11. The molecule has 0 unspecified atom stereocenters. The topological polar surface area (TPSA) is 27.7 Å². The molecule has 0 heterocycles. The second kappa shape index (κ2) is 6.48. The molecular formula is C15H15BrO3. The molecule has 0 spiro atoms. The predicted molar refractivity (Wildman–Crippen MR) is 78.0 cm³/mol. The standard InChI is InChI=1S/C15H15BrO3/c1-17-13-8-5-9-14(18-2)15(13)19-10-11-6-3-4-7-12(11)16/h3-9H,10H2,1-2H3. The summed E-state index contributed by atoms with van der Waals surface area (Å²) in [6.45, 7) is 0.443. The first-order valence-corrected chi connectivity index (χ1v) is 6.62. The van der Waals surface area contributed by atoms with Gasteiger partial charge in [0.1, 0.15) is 6.61 Å². The van der Waals surface area contributed by atoms with E-state index in [0.29, 0.717) is 23.9 Å². The molecule has 0 radical (unpaired) electrons. The molecule has 2 aromatic carbocycles. The first kappa shape index (κ1) is 13.7. The number of hydrogen-bond donors (Lipinski definition) is 0. The number of rotatable bonds is 5. The molecule has 0 aliphatic carbocycles. The zero-order chi connectivity index (χ0) is 13.7. The minimum absolute atomic E-state index is 0.443. The zero-order valence-corrected chi connectivity index (χ0v) is 12.4. The number of methoxy groups -OCH3 is 2. The maximum atomic E-state index is 5.84. The van der Waals surface area contributed by atoms with Crippen molar-refractivity contribution in [3.63, 3.8) is 0 Å². The van der Waals surface area contributed by atoms with Crippen LogP contribution in [0.15, 0.2) is 46.9 Å². The highest BCUT2D eigenvalue weighted by Crippen LogP contribution is 2.37. The highest BCUT2D eigenvalue weighted by molar-refractivity contribution is 9.10. The van der Waals surface area contributed by atoms with Gasteiger partial charge in [-0.2, -0.15) is 0 Å². The van der Waals surface area contributed by atoms with Gasteiger partial charge in [0.05, 0.1) is 14.2 Å². The largest absolute Gasteiger partial charge is 0.493 e. The van der Waals surface area contributed by atoms with Crippen molar-refractivity contribution in [3.05, 3.63) is 52.5 Å². The van der Waals surface area contributed by atoms with Gasteiger partial charge >= 0.3 is 0 Å². The van der Waals surface area contributed by atoms with E-state index in [9.17, 15) is 0 Å². The van der Waals surface area contributed by atoms with Gasteiger partial charge in [0.2, 0.25) is 5.75 Å². The molecule has 2 rings (SSSR count). The van der Waals surface area contributed by atoms with Gasteiger partial charge < -0.3 is 14.2 Å². The molecule has 100 valence electrons. The second-order valence-corrected chi connectivity index (χ2v) is 4.73. The van der Waals surface area contributed by atoms with E-state index in [1.54, 1.807) is 14.2 Å². The van der Waals surface area contributed by atoms with E-state index in [1.807, 2.05) is 42.5 Å². The van der Waals surface area contributed by atoms with E-state index in [2.05, 4.69) is 15.9 Å². The molecular weight excluding hydrogens is 308 g/mol. The third-order valence-corrected chi connectivity index (χ3v) is 3.49. The molecule has 0 N–H and O–H groups in total. The van der Waals surface area contributed by atoms with Crippen molar-refractivity contribution in [1.82, 2.24) is 0 Å². The Kier molecular flexibility index (Phi) is 4.68. The van der Waals surface area contributed by atoms with Crippen LogP contribution < -0.4 is 14.2 Å². The van der Waals surface area contributed by atoms with Crippen LogP contribution in [0.1, 0.15) is 5.56 Å². The quantitative estimate of drug-likeness (QED) is 0.831. The summed E-state index contributed by atoms with van der Waals surface area (Å²) in [5.41, 5.74) is 1.07. The van der Waals surface area contributed by atoms with Crippen LogP contribution in [0.2, 0.25) is 0 Å². The van der Waals surface area contributed by atoms with Crippen molar-refractivity contribution in [2.24, 2.45) is 0 Å². The molecule has 0 saturated heterocycles. The summed E-state index contributed by atoms with van der Waals surface area (Å²) in [7, 11) is 3.22.